The molecule has 1 nitrogen and oxygen atoms in total. The van der Waals surface area contributed by atoms with Crippen molar-refractivity contribution in [3.63, 3.8) is 0 Å². The zero-order valence-electron chi connectivity index (χ0n) is 15.5. The van der Waals surface area contributed by atoms with Crippen LogP contribution in [0.3, 0.4) is 0 Å². The van der Waals surface area contributed by atoms with E-state index in [0.29, 0.717) is 5.92 Å². The molecule has 2 aromatic rings. The number of fused-ring (bicyclic) bond motifs is 7. The summed E-state index contributed by atoms with van der Waals surface area (Å²) in [5, 5.41) is 4.15. The average Bonchev–Trinajstić information content (AvgIpc) is 3.45. The van der Waals surface area contributed by atoms with E-state index in [2.05, 4.69) is 67.7 Å². The maximum atomic E-state index is 4.15. The third-order valence-electron chi connectivity index (χ3n) is 7.23. The third-order valence-corrected chi connectivity index (χ3v) is 7.23. The summed E-state index contributed by atoms with van der Waals surface area (Å²) in [7, 11) is 0. The molecule has 1 aliphatic carbocycles. The molecular formula is C24H29N. The van der Waals surface area contributed by atoms with Crippen LogP contribution in [0, 0.1) is 5.92 Å². The second-order valence-corrected chi connectivity index (χ2v) is 8.74. The minimum atomic E-state index is -0.0580. The van der Waals surface area contributed by atoms with Gasteiger partial charge in [-0.2, -0.15) is 0 Å². The lowest BCUT2D eigenvalue weighted by Gasteiger charge is -2.33. The highest BCUT2D eigenvalue weighted by Crippen LogP contribution is 2.55. The molecule has 1 fully saturated rings. The lowest BCUT2D eigenvalue weighted by atomic mass is 9.72. The summed E-state index contributed by atoms with van der Waals surface area (Å²) in [6, 6.07) is 18.4. The van der Waals surface area contributed by atoms with Gasteiger partial charge in [0, 0.05) is 5.54 Å². The van der Waals surface area contributed by atoms with Crippen molar-refractivity contribution in [2.75, 3.05) is 0 Å². The van der Waals surface area contributed by atoms with Crippen LogP contribution in [0.5, 0.6) is 0 Å². The van der Waals surface area contributed by atoms with Crippen molar-refractivity contribution >= 4 is 0 Å². The predicted molar refractivity (Wildman–Crippen MR) is 104 cm³/mol. The normalized spacial score (nSPS) is 32.8. The second kappa shape index (κ2) is 5.45. The van der Waals surface area contributed by atoms with Crippen LogP contribution < -0.4 is 5.32 Å². The van der Waals surface area contributed by atoms with Gasteiger partial charge in [0.25, 0.3) is 0 Å². The van der Waals surface area contributed by atoms with Gasteiger partial charge in [-0.3, -0.25) is 5.32 Å². The summed E-state index contributed by atoms with van der Waals surface area (Å²) < 4.78 is 0. The Balaban J connectivity index is 1.68. The number of benzene rings is 2. The van der Waals surface area contributed by atoms with Gasteiger partial charge in [0.1, 0.15) is 0 Å². The highest BCUT2D eigenvalue weighted by atomic mass is 15.1. The average molecular weight is 332 g/mol. The van der Waals surface area contributed by atoms with E-state index in [1.54, 1.807) is 11.1 Å². The Labute approximate surface area is 151 Å². The van der Waals surface area contributed by atoms with E-state index in [-0.39, 0.29) is 11.1 Å². The van der Waals surface area contributed by atoms with Crippen molar-refractivity contribution in [1.29, 1.82) is 0 Å². The molecule has 0 aromatic heterocycles. The van der Waals surface area contributed by atoms with Crippen LogP contribution in [-0.4, -0.2) is 0 Å². The van der Waals surface area contributed by atoms with E-state index in [1.807, 2.05) is 0 Å². The lowest BCUT2D eigenvalue weighted by Crippen LogP contribution is -2.45. The molecule has 0 saturated heterocycles. The minimum Gasteiger partial charge on any atom is -0.294 e. The summed E-state index contributed by atoms with van der Waals surface area (Å²) in [5.41, 5.74) is 6.21. The molecule has 2 bridgehead atoms. The van der Waals surface area contributed by atoms with Gasteiger partial charge in [0.2, 0.25) is 0 Å². The first-order valence-electron chi connectivity index (χ1n) is 10.1. The maximum Gasteiger partial charge on any atom is 0.0674 e. The fourth-order valence-electron chi connectivity index (χ4n) is 5.69. The Morgan fingerprint density at radius 3 is 2.32 bits per heavy atom. The van der Waals surface area contributed by atoms with Crippen molar-refractivity contribution in [1.82, 2.24) is 5.32 Å². The van der Waals surface area contributed by atoms with Crippen molar-refractivity contribution in [2.24, 2.45) is 5.92 Å². The Bertz CT molecular complexity index is 805. The van der Waals surface area contributed by atoms with Gasteiger partial charge in [-0.1, -0.05) is 68.3 Å². The summed E-state index contributed by atoms with van der Waals surface area (Å²) in [4.78, 5) is 0. The highest BCUT2D eigenvalue weighted by molar-refractivity contribution is 5.55. The van der Waals surface area contributed by atoms with Crippen LogP contribution in [-0.2, 0) is 11.1 Å². The molecule has 2 aromatic carbocycles. The molecule has 5 rings (SSSR count). The van der Waals surface area contributed by atoms with E-state index >= 15 is 0 Å². The molecule has 0 radical (unpaired) electrons. The molecule has 1 N–H and O–H groups in total. The number of rotatable bonds is 4. The van der Waals surface area contributed by atoms with Crippen molar-refractivity contribution < 1.29 is 0 Å². The topological polar surface area (TPSA) is 12.0 Å². The summed E-state index contributed by atoms with van der Waals surface area (Å²) in [6.07, 6.45) is 8.09. The Kier molecular flexibility index (Phi) is 3.41. The van der Waals surface area contributed by atoms with Crippen LogP contribution >= 0.6 is 0 Å². The molecule has 0 unspecified atom stereocenters. The fourth-order valence-corrected chi connectivity index (χ4v) is 5.69. The molecule has 25 heavy (non-hydrogen) atoms. The van der Waals surface area contributed by atoms with Gasteiger partial charge in [0.15, 0.2) is 0 Å². The first kappa shape index (κ1) is 15.6. The van der Waals surface area contributed by atoms with E-state index in [0.717, 1.165) is 12.3 Å². The Morgan fingerprint density at radius 2 is 1.60 bits per heavy atom. The van der Waals surface area contributed by atoms with Crippen LogP contribution in [0.1, 0.15) is 80.5 Å². The number of hydrogen-bond acceptors (Lipinski definition) is 1. The van der Waals surface area contributed by atoms with Crippen molar-refractivity contribution in [3.8, 4) is 0 Å². The molecule has 3 atom stereocenters. The van der Waals surface area contributed by atoms with Crippen LogP contribution in [0.2, 0.25) is 0 Å². The molecule has 1 heteroatoms. The smallest absolute Gasteiger partial charge is 0.0674 e. The number of nitrogens with one attached hydrogen (secondary N) is 1. The zero-order chi connectivity index (χ0) is 17.1. The van der Waals surface area contributed by atoms with Crippen LogP contribution in [0.15, 0.2) is 48.5 Å². The van der Waals surface area contributed by atoms with Crippen LogP contribution in [0.4, 0.5) is 0 Å². The Morgan fingerprint density at radius 1 is 0.920 bits per heavy atom. The van der Waals surface area contributed by atoms with Gasteiger partial charge in [0.05, 0.1) is 5.54 Å². The van der Waals surface area contributed by atoms with Crippen LogP contribution in [0.25, 0.3) is 0 Å². The van der Waals surface area contributed by atoms with Crippen molar-refractivity contribution in [3.05, 3.63) is 70.8 Å². The quantitative estimate of drug-likeness (QED) is 0.742. The standard InChI is InChI=1S/C24H29N/c1-3-24-16-18(15-14-17-12-13-17)19-8-4-5-9-20(19)23(2,25-24)21-10-6-7-11-22(21)24/h4-11,17-18,25H,3,12-16H2,1-2H3/t18-,23+,24-/m1/s1. The van der Waals surface area contributed by atoms with Gasteiger partial charge in [-0.15, -0.1) is 0 Å². The number of hydrogen-bond donors (Lipinski definition) is 1. The predicted octanol–water partition coefficient (Wildman–Crippen LogP) is 5.84. The molecular weight excluding hydrogens is 302 g/mol. The minimum absolute atomic E-state index is 0.0580. The van der Waals surface area contributed by atoms with E-state index in [1.165, 1.54) is 43.2 Å². The largest absolute Gasteiger partial charge is 0.294 e. The summed E-state index contributed by atoms with van der Waals surface area (Å²) in [6.45, 7) is 4.77. The van der Waals surface area contributed by atoms with Gasteiger partial charge >= 0.3 is 0 Å². The van der Waals surface area contributed by atoms with Crippen molar-refractivity contribution in [2.45, 2.75) is 69.4 Å². The SMILES string of the molecule is CC[C@]12C[C@@H](CCC3CC3)c3ccccc3[C@](C)(N1)c1ccccc12. The molecule has 1 saturated carbocycles. The van der Waals surface area contributed by atoms with E-state index in [4.69, 9.17) is 0 Å². The van der Waals surface area contributed by atoms with Gasteiger partial charge < -0.3 is 0 Å². The third kappa shape index (κ3) is 2.25. The first-order chi connectivity index (χ1) is 12.2. The Hall–Kier alpha value is -1.60. The van der Waals surface area contributed by atoms with E-state index < -0.39 is 0 Å². The lowest BCUT2D eigenvalue weighted by molar-refractivity contribution is 0.256. The summed E-state index contributed by atoms with van der Waals surface area (Å²) >= 11 is 0. The maximum absolute atomic E-state index is 4.15. The summed E-state index contributed by atoms with van der Waals surface area (Å²) in [5.74, 6) is 1.69. The first-order valence-corrected chi connectivity index (χ1v) is 10.1. The highest BCUT2D eigenvalue weighted by Gasteiger charge is 2.53. The zero-order valence-corrected chi connectivity index (χ0v) is 15.5. The molecule has 3 aliphatic rings. The second-order valence-electron chi connectivity index (χ2n) is 8.74. The van der Waals surface area contributed by atoms with Gasteiger partial charge in [-0.05, 0) is 66.7 Å². The molecule has 2 heterocycles. The van der Waals surface area contributed by atoms with Gasteiger partial charge in [-0.25, -0.2) is 0 Å². The molecule has 130 valence electrons. The molecule has 0 amide bonds. The van der Waals surface area contributed by atoms with E-state index in [9.17, 15) is 0 Å². The fraction of sp³-hybridized carbons (Fsp3) is 0.500. The monoisotopic (exact) mass is 331 g/mol. The molecule has 2 aliphatic heterocycles. The molecule has 0 spiro atoms.